The molecule has 0 spiro atoms. The molecule has 4 nitrogen and oxygen atoms in total. The van der Waals surface area contributed by atoms with Crippen molar-refractivity contribution < 1.29 is 4.79 Å². The molecule has 1 unspecified atom stereocenters. The number of nitrogens with zero attached hydrogens (tertiary/aromatic N) is 2. The molecule has 0 radical (unpaired) electrons. The molecule has 0 amide bonds. The van der Waals surface area contributed by atoms with Gasteiger partial charge in [-0.3, -0.25) is 9.48 Å². The fourth-order valence-corrected chi connectivity index (χ4v) is 3.25. The summed E-state index contributed by atoms with van der Waals surface area (Å²) in [6.45, 7) is 0. The molecule has 0 saturated heterocycles. The highest BCUT2D eigenvalue weighted by Crippen LogP contribution is 2.33. The van der Waals surface area contributed by atoms with Crippen LogP contribution in [-0.4, -0.2) is 21.6 Å². The molecule has 3 rings (SSSR count). The van der Waals surface area contributed by atoms with Gasteiger partial charge in [-0.05, 0) is 37.7 Å². The number of ketones is 1. The van der Waals surface area contributed by atoms with Gasteiger partial charge < -0.3 is 5.73 Å². The Hall–Kier alpha value is -1.16. The van der Waals surface area contributed by atoms with Gasteiger partial charge in [0.25, 0.3) is 0 Å². The molecule has 4 heteroatoms. The second-order valence-corrected chi connectivity index (χ2v) is 6.50. The van der Waals surface area contributed by atoms with Crippen LogP contribution in [0.1, 0.15) is 63.1 Å². The maximum Gasteiger partial charge on any atom is 0.140 e. The van der Waals surface area contributed by atoms with Crippen LogP contribution in [0.2, 0.25) is 0 Å². The molecule has 20 heavy (non-hydrogen) atoms. The Morgan fingerprint density at radius 1 is 1.30 bits per heavy atom. The van der Waals surface area contributed by atoms with E-state index < -0.39 is 0 Å². The van der Waals surface area contributed by atoms with Crippen molar-refractivity contribution in [3.63, 3.8) is 0 Å². The Labute approximate surface area is 120 Å². The SMILES string of the molecule is NC(CC(=O)Cc1ccn(C2CCCCC2)n1)C1CC1. The molecule has 2 aliphatic carbocycles. The van der Waals surface area contributed by atoms with Gasteiger partial charge in [0.05, 0.1) is 18.2 Å². The van der Waals surface area contributed by atoms with Crippen LogP contribution >= 0.6 is 0 Å². The summed E-state index contributed by atoms with van der Waals surface area (Å²) in [4.78, 5) is 12.0. The predicted molar refractivity (Wildman–Crippen MR) is 78.4 cm³/mol. The summed E-state index contributed by atoms with van der Waals surface area (Å²) in [6, 6.07) is 2.61. The number of Topliss-reactive ketones (excluding diaryl/α,β-unsaturated/α-hetero) is 1. The number of nitrogens with two attached hydrogens (primary N) is 1. The van der Waals surface area contributed by atoms with E-state index in [0.29, 0.717) is 24.8 Å². The van der Waals surface area contributed by atoms with Crippen LogP contribution in [0.15, 0.2) is 12.3 Å². The minimum absolute atomic E-state index is 0.0722. The minimum Gasteiger partial charge on any atom is -0.327 e. The van der Waals surface area contributed by atoms with Crippen LogP contribution < -0.4 is 5.73 Å². The highest BCUT2D eigenvalue weighted by Gasteiger charge is 2.29. The van der Waals surface area contributed by atoms with E-state index in [1.54, 1.807) is 0 Å². The average Bonchev–Trinajstić information content (AvgIpc) is 3.21. The van der Waals surface area contributed by atoms with Crippen LogP contribution in [0.3, 0.4) is 0 Å². The van der Waals surface area contributed by atoms with Gasteiger partial charge in [0, 0.05) is 18.7 Å². The summed E-state index contributed by atoms with van der Waals surface area (Å²) in [5.74, 6) is 0.831. The lowest BCUT2D eigenvalue weighted by Gasteiger charge is -2.21. The van der Waals surface area contributed by atoms with E-state index >= 15 is 0 Å². The van der Waals surface area contributed by atoms with Crippen molar-refractivity contribution in [1.29, 1.82) is 0 Å². The van der Waals surface area contributed by atoms with Gasteiger partial charge in [-0.15, -0.1) is 0 Å². The first kappa shape index (κ1) is 13.8. The first-order chi connectivity index (χ1) is 9.72. The number of carbonyl (C=O) groups excluding carboxylic acids is 1. The normalized spacial score (nSPS) is 21.9. The predicted octanol–water partition coefficient (Wildman–Crippen LogP) is 2.63. The third-order valence-corrected chi connectivity index (χ3v) is 4.68. The van der Waals surface area contributed by atoms with E-state index in [0.717, 1.165) is 5.69 Å². The van der Waals surface area contributed by atoms with Crippen molar-refractivity contribution in [3.05, 3.63) is 18.0 Å². The van der Waals surface area contributed by atoms with Gasteiger partial charge in [0.1, 0.15) is 5.78 Å². The van der Waals surface area contributed by atoms with Crippen LogP contribution in [-0.2, 0) is 11.2 Å². The third kappa shape index (κ3) is 3.48. The third-order valence-electron chi connectivity index (χ3n) is 4.68. The summed E-state index contributed by atoms with van der Waals surface area (Å²) in [6.07, 6.45) is 11.8. The molecule has 0 aromatic carbocycles. The Morgan fingerprint density at radius 2 is 2.05 bits per heavy atom. The fourth-order valence-electron chi connectivity index (χ4n) is 3.25. The molecule has 0 bridgehead atoms. The quantitative estimate of drug-likeness (QED) is 0.868. The van der Waals surface area contributed by atoms with Gasteiger partial charge in [0.15, 0.2) is 0 Å². The van der Waals surface area contributed by atoms with E-state index in [9.17, 15) is 4.79 Å². The molecule has 1 aromatic heterocycles. The highest BCUT2D eigenvalue weighted by molar-refractivity contribution is 5.81. The average molecular weight is 275 g/mol. The van der Waals surface area contributed by atoms with Crippen LogP contribution in [0.25, 0.3) is 0 Å². The first-order valence-electron chi connectivity index (χ1n) is 8.03. The molecular formula is C16H25N3O. The summed E-state index contributed by atoms with van der Waals surface area (Å²) in [5, 5.41) is 4.60. The number of hydrogen-bond donors (Lipinski definition) is 1. The molecule has 2 aliphatic rings. The maximum absolute atomic E-state index is 12.0. The summed E-state index contributed by atoms with van der Waals surface area (Å²) in [7, 11) is 0. The van der Waals surface area contributed by atoms with Gasteiger partial charge in [-0.2, -0.15) is 5.10 Å². The lowest BCUT2D eigenvalue weighted by atomic mass is 9.96. The smallest absolute Gasteiger partial charge is 0.140 e. The van der Waals surface area contributed by atoms with Crippen molar-refractivity contribution in [3.8, 4) is 0 Å². The maximum atomic E-state index is 12.0. The lowest BCUT2D eigenvalue weighted by Crippen LogP contribution is -2.26. The van der Waals surface area contributed by atoms with Gasteiger partial charge in [-0.1, -0.05) is 19.3 Å². The Bertz CT molecular complexity index is 458. The van der Waals surface area contributed by atoms with Crippen LogP contribution in [0, 0.1) is 5.92 Å². The van der Waals surface area contributed by atoms with E-state index in [4.69, 9.17) is 5.73 Å². The molecule has 2 fully saturated rings. The molecule has 1 heterocycles. The summed E-state index contributed by atoms with van der Waals surface area (Å²) in [5.41, 5.74) is 6.92. The zero-order valence-electron chi connectivity index (χ0n) is 12.1. The monoisotopic (exact) mass is 275 g/mol. The standard InChI is InChI=1S/C16H25N3O/c17-16(12-6-7-12)11-15(20)10-13-8-9-19(18-13)14-4-2-1-3-5-14/h8-9,12,14,16H,1-7,10-11,17H2. The van der Waals surface area contributed by atoms with E-state index in [1.165, 1.54) is 44.9 Å². The highest BCUT2D eigenvalue weighted by atomic mass is 16.1. The first-order valence-corrected chi connectivity index (χ1v) is 8.03. The van der Waals surface area contributed by atoms with Gasteiger partial charge >= 0.3 is 0 Å². The van der Waals surface area contributed by atoms with E-state index in [-0.39, 0.29) is 11.8 Å². The largest absolute Gasteiger partial charge is 0.327 e. The summed E-state index contributed by atoms with van der Waals surface area (Å²) < 4.78 is 2.07. The second kappa shape index (κ2) is 6.08. The van der Waals surface area contributed by atoms with Crippen molar-refractivity contribution >= 4 is 5.78 Å². The van der Waals surface area contributed by atoms with Crippen molar-refractivity contribution in [2.75, 3.05) is 0 Å². The Kier molecular flexibility index (Phi) is 4.20. The fraction of sp³-hybridized carbons (Fsp3) is 0.750. The molecule has 0 aliphatic heterocycles. The molecule has 1 atom stereocenters. The number of aromatic nitrogens is 2. The molecule has 2 saturated carbocycles. The van der Waals surface area contributed by atoms with Crippen LogP contribution in [0.5, 0.6) is 0 Å². The topological polar surface area (TPSA) is 60.9 Å². The zero-order valence-corrected chi connectivity index (χ0v) is 12.1. The second-order valence-electron chi connectivity index (χ2n) is 6.50. The minimum atomic E-state index is 0.0722. The molecule has 110 valence electrons. The van der Waals surface area contributed by atoms with Crippen molar-refractivity contribution in [2.45, 2.75) is 69.9 Å². The molecule has 1 aromatic rings. The number of rotatable bonds is 6. The van der Waals surface area contributed by atoms with Crippen molar-refractivity contribution in [2.24, 2.45) is 11.7 Å². The molecular weight excluding hydrogens is 250 g/mol. The van der Waals surface area contributed by atoms with E-state index in [2.05, 4.69) is 9.78 Å². The zero-order chi connectivity index (χ0) is 13.9. The Morgan fingerprint density at radius 3 is 2.75 bits per heavy atom. The van der Waals surface area contributed by atoms with Crippen LogP contribution in [0.4, 0.5) is 0 Å². The lowest BCUT2D eigenvalue weighted by molar-refractivity contribution is -0.118. The van der Waals surface area contributed by atoms with Gasteiger partial charge in [-0.25, -0.2) is 0 Å². The van der Waals surface area contributed by atoms with Gasteiger partial charge in [0.2, 0.25) is 0 Å². The van der Waals surface area contributed by atoms with E-state index in [1.807, 2.05) is 12.3 Å². The Balaban J connectivity index is 1.52. The number of carbonyl (C=O) groups is 1. The molecule has 2 N–H and O–H groups in total. The van der Waals surface area contributed by atoms with Crippen molar-refractivity contribution in [1.82, 2.24) is 9.78 Å². The summed E-state index contributed by atoms with van der Waals surface area (Å²) >= 11 is 0. The number of hydrogen-bond acceptors (Lipinski definition) is 3.